The maximum atomic E-state index is 14.2. The Bertz CT molecular complexity index is 1260. The molecule has 2 saturated heterocycles. The molecule has 176 valence electrons. The number of benzene rings is 3. The summed E-state index contributed by atoms with van der Waals surface area (Å²) in [7, 11) is -1.80. The Balaban J connectivity index is 1.62. The van der Waals surface area contributed by atoms with Crippen molar-refractivity contribution in [3.05, 3.63) is 102 Å². The molecule has 0 radical (unpaired) electrons. The minimum absolute atomic E-state index is 0.0421. The lowest BCUT2D eigenvalue weighted by atomic mass is 9.77. The third-order valence-corrected chi connectivity index (χ3v) is 9.30. The lowest BCUT2D eigenvalue weighted by molar-refractivity contribution is -0.133. The molecule has 2 fully saturated rings. The largest absolute Gasteiger partial charge is 0.299 e. The highest BCUT2D eigenvalue weighted by molar-refractivity contribution is 7.89. The molecule has 3 aromatic rings. The molecule has 0 aliphatic carbocycles. The summed E-state index contributed by atoms with van der Waals surface area (Å²) in [5.41, 5.74) is 3.01. The van der Waals surface area contributed by atoms with Crippen LogP contribution in [0, 0.1) is 12.8 Å². The zero-order chi connectivity index (χ0) is 23.9. The fraction of sp³-hybridized carbons (Fsp3) is 0.321. The number of ketones is 1. The third kappa shape index (κ3) is 4.11. The van der Waals surface area contributed by atoms with E-state index >= 15 is 0 Å². The molecule has 34 heavy (non-hydrogen) atoms. The molecule has 2 heterocycles. The van der Waals surface area contributed by atoms with Gasteiger partial charge >= 0.3 is 0 Å². The van der Waals surface area contributed by atoms with Gasteiger partial charge in [0.05, 0.1) is 10.9 Å². The van der Waals surface area contributed by atoms with Gasteiger partial charge in [-0.05, 0) is 43.7 Å². The van der Waals surface area contributed by atoms with Crippen molar-refractivity contribution in [3.8, 4) is 0 Å². The normalized spacial score (nSPS) is 26.2. The number of carbonyl (C=O) groups is 1. The second-order valence-electron chi connectivity index (χ2n) is 9.52. The molecule has 0 amide bonds. The molecule has 5 rings (SSSR count). The van der Waals surface area contributed by atoms with Crippen molar-refractivity contribution in [3.63, 3.8) is 0 Å². The van der Waals surface area contributed by atoms with Gasteiger partial charge in [-0.3, -0.25) is 9.69 Å². The molecule has 0 N–H and O–H groups in total. The molecule has 0 saturated carbocycles. The molecule has 2 aliphatic heterocycles. The van der Waals surface area contributed by atoms with Gasteiger partial charge in [-0.2, -0.15) is 4.31 Å². The van der Waals surface area contributed by atoms with Gasteiger partial charge < -0.3 is 0 Å². The molecular weight excluding hydrogens is 444 g/mol. The van der Waals surface area contributed by atoms with E-state index in [1.54, 1.807) is 16.4 Å². The van der Waals surface area contributed by atoms with E-state index in [0.29, 0.717) is 13.0 Å². The molecule has 4 atom stereocenters. The van der Waals surface area contributed by atoms with Gasteiger partial charge in [0.1, 0.15) is 5.78 Å². The first-order valence-corrected chi connectivity index (χ1v) is 13.2. The maximum absolute atomic E-state index is 14.2. The van der Waals surface area contributed by atoms with Crippen molar-refractivity contribution in [1.29, 1.82) is 0 Å². The van der Waals surface area contributed by atoms with E-state index in [0.717, 1.165) is 16.7 Å². The molecule has 0 spiro atoms. The van der Waals surface area contributed by atoms with Crippen molar-refractivity contribution in [2.75, 3.05) is 13.6 Å². The van der Waals surface area contributed by atoms with Crippen molar-refractivity contribution in [2.24, 2.45) is 5.92 Å². The number of hydrogen-bond acceptors (Lipinski definition) is 4. The van der Waals surface area contributed by atoms with Gasteiger partial charge in [-0.15, -0.1) is 0 Å². The average molecular weight is 475 g/mol. The van der Waals surface area contributed by atoms with E-state index in [-0.39, 0.29) is 29.1 Å². The molecule has 0 unspecified atom stereocenters. The predicted molar refractivity (Wildman–Crippen MR) is 133 cm³/mol. The fourth-order valence-electron chi connectivity index (χ4n) is 5.58. The first-order valence-electron chi connectivity index (χ1n) is 11.8. The number of hydrogen-bond donors (Lipinski definition) is 0. The first-order chi connectivity index (χ1) is 16.4. The number of sulfonamides is 1. The van der Waals surface area contributed by atoms with Crippen LogP contribution in [0.1, 0.15) is 41.6 Å². The number of carbonyl (C=O) groups excluding carboxylic acids is 1. The molecule has 3 aromatic carbocycles. The van der Waals surface area contributed by atoms with Crippen LogP contribution in [0.3, 0.4) is 0 Å². The van der Waals surface area contributed by atoms with Gasteiger partial charge in [0, 0.05) is 31.0 Å². The molecule has 0 aromatic heterocycles. The van der Waals surface area contributed by atoms with Crippen LogP contribution in [0.5, 0.6) is 0 Å². The molecular formula is C28H30N2O3S. The van der Waals surface area contributed by atoms with E-state index in [1.165, 1.54) is 0 Å². The topological polar surface area (TPSA) is 57.7 Å². The second kappa shape index (κ2) is 9.10. The minimum atomic E-state index is -3.83. The van der Waals surface area contributed by atoms with Gasteiger partial charge in [0.15, 0.2) is 0 Å². The summed E-state index contributed by atoms with van der Waals surface area (Å²) in [4.78, 5) is 15.9. The van der Waals surface area contributed by atoms with E-state index < -0.39 is 22.1 Å². The van der Waals surface area contributed by atoms with Crippen molar-refractivity contribution in [2.45, 2.75) is 42.8 Å². The summed E-state index contributed by atoms with van der Waals surface area (Å²) in [5.74, 6) is -0.197. The second-order valence-corrected chi connectivity index (χ2v) is 11.4. The van der Waals surface area contributed by atoms with Crippen molar-refractivity contribution < 1.29 is 13.2 Å². The number of aryl methyl sites for hydroxylation is 1. The van der Waals surface area contributed by atoms with Crippen LogP contribution >= 0.6 is 0 Å². The first kappa shape index (κ1) is 23.0. The van der Waals surface area contributed by atoms with Crippen LogP contribution in [0.15, 0.2) is 89.8 Å². The number of Topliss-reactive ketones (excluding diaryl/α,β-unsaturated/α-hetero) is 1. The Morgan fingerprint density at radius 1 is 0.794 bits per heavy atom. The summed E-state index contributed by atoms with van der Waals surface area (Å²) in [6.45, 7) is 2.49. The Morgan fingerprint density at radius 3 is 1.94 bits per heavy atom. The van der Waals surface area contributed by atoms with Crippen molar-refractivity contribution >= 4 is 15.8 Å². The standard InChI is InChI=1S/C28H30N2O3S/c1-20-13-15-23(16-14-20)34(32,33)30-26(22-11-7-4-8-12-22)18-28(31)24-19-29(2)25(17-27(24)30)21-9-5-3-6-10-21/h3-16,24-27H,17-19H2,1-2H3/t24-,25+,26+,27+/m1/s1. The summed E-state index contributed by atoms with van der Waals surface area (Å²) < 4.78 is 30.0. The Hall–Kier alpha value is -2.80. The van der Waals surface area contributed by atoms with E-state index in [1.807, 2.05) is 74.6 Å². The highest BCUT2D eigenvalue weighted by Crippen LogP contribution is 2.46. The monoisotopic (exact) mass is 474 g/mol. The molecule has 2 aliphatic rings. The molecule has 0 bridgehead atoms. The number of piperidine rings is 2. The van der Waals surface area contributed by atoms with Crippen LogP contribution in [-0.4, -0.2) is 43.0 Å². The zero-order valence-corrected chi connectivity index (χ0v) is 20.4. The predicted octanol–water partition coefficient (Wildman–Crippen LogP) is 4.76. The van der Waals surface area contributed by atoms with E-state index in [2.05, 4.69) is 17.0 Å². The van der Waals surface area contributed by atoms with Crippen LogP contribution in [0.4, 0.5) is 0 Å². The Morgan fingerprint density at radius 2 is 1.35 bits per heavy atom. The summed E-state index contributed by atoms with van der Waals surface area (Å²) >= 11 is 0. The summed E-state index contributed by atoms with van der Waals surface area (Å²) in [5, 5.41) is 0. The van der Waals surface area contributed by atoms with Crippen LogP contribution in [0.2, 0.25) is 0 Å². The Kier molecular flexibility index (Phi) is 6.15. The van der Waals surface area contributed by atoms with Gasteiger partial charge in [0.25, 0.3) is 0 Å². The van der Waals surface area contributed by atoms with E-state index in [9.17, 15) is 13.2 Å². The number of fused-ring (bicyclic) bond motifs is 1. The van der Waals surface area contributed by atoms with Crippen LogP contribution in [-0.2, 0) is 14.8 Å². The lowest BCUT2D eigenvalue weighted by Gasteiger charge is -2.51. The van der Waals surface area contributed by atoms with Crippen LogP contribution in [0.25, 0.3) is 0 Å². The third-order valence-electron chi connectivity index (χ3n) is 7.35. The lowest BCUT2D eigenvalue weighted by Crippen LogP contribution is -2.59. The summed E-state index contributed by atoms with van der Waals surface area (Å²) in [6.07, 6.45) is 0.769. The SMILES string of the molecule is Cc1ccc(S(=O)(=O)N2[C@H](c3ccccc3)CC(=O)[C@@H]3CN(C)[C@H](c4ccccc4)C[C@@H]32)cc1. The molecule has 5 nitrogen and oxygen atoms in total. The van der Waals surface area contributed by atoms with Crippen molar-refractivity contribution in [1.82, 2.24) is 9.21 Å². The van der Waals surface area contributed by atoms with Crippen LogP contribution < -0.4 is 0 Å². The quantitative estimate of drug-likeness (QED) is 0.547. The maximum Gasteiger partial charge on any atom is 0.243 e. The smallest absolute Gasteiger partial charge is 0.243 e. The highest BCUT2D eigenvalue weighted by Gasteiger charge is 2.52. The van der Waals surface area contributed by atoms with Gasteiger partial charge in [-0.25, -0.2) is 8.42 Å². The zero-order valence-electron chi connectivity index (χ0n) is 19.5. The Labute approximate surface area is 202 Å². The van der Waals surface area contributed by atoms with Gasteiger partial charge in [0.2, 0.25) is 10.0 Å². The highest BCUT2D eigenvalue weighted by atomic mass is 32.2. The number of likely N-dealkylation sites (tertiary alicyclic amines) is 1. The summed E-state index contributed by atoms with van der Waals surface area (Å²) in [6, 6.07) is 25.9. The molecule has 6 heteroatoms. The number of nitrogens with zero attached hydrogens (tertiary/aromatic N) is 2. The van der Waals surface area contributed by atoms with E-state index in [4.69, 9.17) is 0 Å². The van der Waals surface area contributed by atoms with Gasteiger partial charge in [-0.1, -0.05) is 78.4 Å². The minimum Gasteiger partial charge on any atom is -0.299 e. The average Bonchev–Trinajstić information content (AvgIpc) is 2.85. The fourth-order valence-corrected chi connectivity index (χ4v) is 7.42. The number of rotatable bonds is 4.